The third-order valence-electron chi connectivity index (χ3n) is 6.15. The molecule has 6 heteroatoms. The van der Waals surface area contributed by atoms with Gasteiger partial charge in [0, 0.05) is 5.69 Å². The molecule has 0 saturated carbocycles. The van der Waals surface area contributed by atoms with Crippen LogP contribution in [0.15, 0.2) is 78.9 Å². The quantitative estimate of drug-likeness (QED) is 0.484. The Morgan fingerprint density at radius 1 is 1.00 bits per heavy atom. The molecule has 2 saturated heterocycles. The summed E-state index contributed by atoms with van der Waals surface area (Å²) in [5.74, 6) is -0.745. The van der Waals surface area contributed by atoms with E-state index in [1.165, 1.54) is 12.1 Å². The third kappa shape index (κ3) is 4.36. The zero-order valence-corrected chi connectivity index (χ0v) is 18.6. The zero-order chi connectivity index (χ0) is 23.0. The first-order chi connectivity index (χ1) is 15.9. The zero-order valence-electron chi connectivity index (χ0n) is 18.6. The van der Waals surface area contributed by atoms with Crippen LogP contribution >= 0.6 is 0 Å². The van der Waals surface area contributed by atoms with Crippen LogP contribution in [0.3, 0.4) is 0 Å². The summed E-state index contributed by atoms with van der Waals surface area (Å²) in [5.41, 5.74) is 2.71. The summed E-state index contributed by atoms with van der Waals surface area (Å²) in [7, 11) is 0. The van der Waals surface area contributed by atoms with Crippen LogP contribution in [0.25, 0.3) is 0 Å². The molecule has 0 bridgehead atoms. The Bertz CT molecular complexity index is 1120. The fourth-order valence-corrected chi connectivity index (χ4v) is 4.51. The second-order valence-electron chi connectivity index (χ2n) is 8.87. The second kappa shape index (κ2) is 8.61. The van der Waals surface area contributed by atoms with Crippen molar-refractivity contribution in [2.45, 2.75) is 38.4 Å². The Balaban J connectivity index is 1.38. The van der Waals surface area contributed by atoms with E-state index in [2.05, 4.69) is 0 Å². The van der Waals surface area contributed by atoms with Crippen molar-refractivity contribution in [2.24, 2.45) is 5.92 Å². The number of amides is 1. The lowest BCUT2D eigenvalue weighted by atomic mass is 9.78. The summed E-state index contributed by atoms with van der Waals surface area (Å²) in [6.07, 6.45) is -0.344. The van der Waals surface area contributed by atoms with Crippen LogP contribution < -0.4 is 9.64 Å². The molecule has 3 unspecified atom stereocenters. The average molecular weight is 448 g/mol. The summed E-state index contributed by atoms with van der Waals surface area (Å²) in [5, 5.41) is 0. The number of carbonyl (C=O) groups excluding carboxylic acids is 1. The van der Waals surface area contributed by atoms with E-state index >= 15 is 0 Å². The maximum absolute atomic E-state index is 13.5. The predicted molar refractivity (Wildman–Crippen MR) is 122 cm³/mol. The highest BCUT2D eigenvalue weighted by Crippen LogP contribution is 2.48. The molecule has 1 amide bonds. The van der Waals surface area contributed by atoms with E-state index in [0.29, 0.717) is 18.9 Å². The normalized spacial score (nSPS) is 23.9. The smallest absolute Gasteiger partial charge is 0.235 e. The summed E-state index contributed by atoms with van der Waals surface area (Å²) >= 11 is 0. The summed E-state index contributed by atoms with van der Waals surface area (Å²) < 4.78 is 31.2. The molecule has 3 atom stereocenters. The lowest BCUT2D eigenvalue weighted by Crippen LogP contribution is -2.60. The Hall–Kier alpha value is -3.22. The summed E-state index contributed by atoms with van der Waals surface area (Å²) in [6.45, 7) is 4.54. The van der Waals surface area contributed by atoms with Crippen molar-refractivity contribution in [2.75, 3.05) is 11.5 Å². The minimum Gasteiger partial charge on any atom is -0.489 e. The molecule has 2 aliphatic rings. The maximum Gasteiger partial charge on any atom is 0.235 e. The highest BCUT2D eigenvalue weighted by molar-refractivity contribution is 6.03. The number of nitrogens with zero attached hydrogens (tertiary/aromatic N) is 1. The second-order valence-corrected chi connectivity index (χ2v) is 8.87. The molecular weight excluding hydrogens is 421 g/mol. The number of hydrogen-bond donors (Lipinski definition) is 0. The lowest BCUT2D eigenvalue weighted by molar-refractivity contribution is -0.157. The fourth-order valence-electron chi connectivity index (χ4n) is 4.51. The molecule has 2 fully saturated rings. The van der Waals surface area contributed by atoms with Crippen LogP contribution in [0.1, 0.15) is 31.0 Å². The third-order valence-corrected chi connectivity index (χ3v) is 6.15. The van der Waals surface area contributed by atoms with Gasteiger partial charge in [-0.05, 0) is 61.4 Å². The van der Waals surface area contributed by atoms with Crippen molar-refractivity contribution < 1.29 is 23.4 Å². The minimum absolute atomic E-state index is 0.0534. The number of rotatable bonds is 6. The fraction of sp³-hybridized carbons (Fsp3) is 0.296. The van der Waals surface area contributed by atoms with Gasteiger partial charge in [-0.3, -0.25) is 4.79 Å². The van der Waals surface area contributed by atoms with Gasteiger partial charge < -0.3 is 19.1 Å². The molecule has 3 aromatic carbocycles. The molecule has 2 heterocycles. The van der Waals surface area contributed by atoms with Gasteiger partial charge in [0.2, 0.25) is 5.91 Å². The van der Waals surface area contributed by atoms with E-state index in [0.717, 1.165) is 16.9 Å². The Labute approximate surface area is 192 Å². The number of β-lactam (4-membered cyclic amide) rings is 1. The monoisotopic (exact) mass is 447 g/mol. The van der Waals surface area contributed by atoms with Crippen molar-refractivity contribution in [1.82, 2.24) is 0 Å². The van der Waals surface area contributed by atoms with E-state index in [1.807, 2.05) is 68.4 Å². The molecule has 0 aliphatic carbocycles. The van der Waals surface area contributed by atoms with Crippen molar-refractivity contribution in [3.63, 3.8) is 0 Å². The highest BCUT2D eigenvalue weighted by atomic mass is 19.1. The van der Waals surface area contributed by atoms with Crippen LogP contribution in [-0.4, -0.2) is 24.4 Å². The van der Waals surface area contributed by atoms with E-state index in [4.69, 9.17) is 14.2 Å². The van der Waals surface area contributed by atoms with Gasteiger partial charge in [0.05, 0.1) is 24.7 Å². The molecule has 0 spiro atoms. The van der Waals surface area contributed by atoms with Gasteiger partial charge in [-0.2, -0.15) is 0 Å². The van der Waals surface area contributed by atoms with Crippen molar-refractivity contribution in [3.8, 4) is 5.75 Å². The van der Waals surface area contributed by atoms with Crippen molar-refractivity contribution in [3.05, 3.63) is 95.8 Å². The highest BCUT2D eigenvalue weighted by Gasteiger charge is 2.55. The summed E-state index contributed by atoms with van der Waals surface area (Å²) in [6, 6.07) is 23.5. The number of anilines is 1. The number of benzene rings is 3. The maximum atomic E-state index is 13.5. The number of ether oxygens (including phenoxy) is 3. The molecule has 5 rings (SSSR count). The standard InChI is InChI=1S/C27H26FNO4/c1-27(2)32-17-23(33-27)24-25(29(26(24)30)21-12-10-20(28)11-13-21)19-8-14-22(15-9-19)31-16-18-6-4-3-5-7-18/h3-15,23-25H,16-17H2,1-2H3. The molecular formula is C27H26FNO4. The SMILES string of the molecule is CC1(C)OCC(C2C(=O)N(c3ccc(F)cc3)C2c2ccc(OCc3ccccc3)cc2)O1. The van der Waals surface area contributed by atoms with Gasteiger partial charge in [0.1, 0.15) is 18.2 Å². The average Bonchev–Trinajstić information content (AvgIpc) is 3.17. The molecule has 33 heavy (non-hydrogen) atoms. The van der Waals surface area contributed by atoms with Gasteiger partial charge in [0.25, 0.3) is 0 Å². The minimum atomic E-state index is -0.721. The first-order valence-corrected chi connectivity index (χ1v) is 11.1. The van der Waals surface area contributed by atoms with Crippen LogP contribution in [0.2, 0.25) is 0 Å². The number of carbonyl (C=O) groups is 1. The Morgan fingerprint density at radius 3 is 2.33 bits per heavy atom. The van der Waals surface area contributed by atoms with Crippen LogP contribution in [0.5, 0.6) is 5.75 Å². The van der Waals surface area contributed by atoms with Gasteiger partial charge in [0.15, 0.2) is 5.79 Å². The van der Waals surface area contributed by atoms with Gasteiger partial charge in [-0.25, -0.2) is 4.39 Å². The first-order valence-electron chi connectivity index (χ1n) is 11.1. The molecule has 3 aromatic rings. The van der Waals surface area contributed by atoms with Crippen LogP contribution in [0, 0.1) is 11.7 Å². The van der Waals surface area contributed by atoms with Crippen molar-refractivity contribution >= 4 is 11.6 Å². The van der Waals surface area contributed by atoms with E-state index < -0.39 is 5.79 Å². The lowest BCUT2D eigenvalue weighted by Gasteiger charge is -2.49. The summed E-state index contributed by atoms with van der Waals surface area (Å²) in [4.78, 5) is 14.9. The van der Waals surface area contributed by atoms with Crippen LogP contribution in [-0.2, 0) is 20.9 Å². The van der Waals surface area contributed by atoms with Crippen LogP contribution in [0.4, 0.5) is 10.1 Å². The predicted octanol–water partition coefficient (Wildman–Crippen LogP) is 5.26. The molecule has 0 N–H and O–H groups in total. The van der Waals surface area contributed by atoms with E-state index in [9.17, 15) is 9.18 Å². The van der Waals surface area contributed by atoms with E-state index in [-0.39, 0.29) is 29.8 Å². The molecule has 0 aromatic heterocycles. The molecule has 0 radical (unpaired) electrons. The van der Waals surface area contributed by atoms with Gasteiger partial charge in [-0.1, -0.05) is 42.5 Å². The molecule has 2 aliphatic heterocycles. The Morgan fingerprint density at radius 2 is 1.70 bits per heavy atom. The molecule has 170 valence electrons. The van der Waals surface area contributed by atoms with Crippen molar-refractivity contribution in [1.29, 1.82) is 0 Å². The van der Waals surface area contributed by atoms with Gasteiger partial charge in [-0.15, -0.1) is 0 Å². The Kier molecular flexibility index (Phi) is 5.64. The van der Waals surface area contributed by atoms with Gasteiger partial charge >= 0.3 is 0 Å². The molecule has 5 nitrogen and oxygen atoms in total. The first kappa shape index (κ1) is 21.6. The topological polar surface area (TPSA) is 48.0 Å². The number of hydrogen-bond acceptors (Lipinski definition) is 4. The number of halogens is 1. The largest absolute Gasteiger partial charge is 0.489 e. The van der Waals surface area contributed by atoms with E-state index in [1.54, 1.807) is 17.0 Å².